The van der Waals surface area contributed by atoms with Crippen LogP contribution in [0.25, 0.3) is 0 Å². The van der Waals surface area contributed by atoms with E-state index in [1.54, 1.807) is 7.11 Å². The van der Waals surface area contributed by atoms with Gasteiger partial charge in [-0.1, -0.05) is 6.92 Å². The molecule has 0 spiro atoms. The Morgan fingerprint density at radius 2 is 2.43 bits per heavy atom. The van der Waals surface area contributed by atoms with Gasteiger partial charge in [-0.3, -0.25) is 4.90 Å². The topological polar surface area (TPSA) is 47.7 Å². The number of hydrogen-bond acceptors (Lipinski definition) is 4. The van der Waals surface area contributed by atoms with Gasteiger partial charge in [-0.15, -0.1) is 0 Å². The van der Waals surface area contributed by atoms with Crippen molar-refractivity contribution in [2.45, 2.75) is 25.4 Å². The molecule has 14 heavy (non-hydrogen) atoms. The van der Waals surface area contributed by atoms with Crippen LogP contribution in [0, 0.1) is 0 Å². The number of ether oxygens (including phenoxy) is 2. The summed E-state index contributed by atoms with van der Waals surface area (Å²) >= 11 is 0. The first kappa shape index (κ1) is 11.9. The van der Waals surface area contributed by atoms with E-state index in [4.69, 9.17) is 15.2 Å². The predicted molar refractivity (Wildman–Crippen MR) is 56.3 cm³/mol. The number of nitrogens with zero attached hydrogens (tertiary/aromatic N) is 1. The van der Waals surface area contributed by atoms with E-state index in [9.17, 15) is 0 Å². The molecular formula is C10H22N2O2. The van der Waals surface area contributed by atoms with Crippen LogP contribution in [-0.2, 0) is 9.47 Å². The van der Waals surface area contributed by atoms with Gasteiger partial charge < -0.3 is 15.2 Å². The van der Waals surface area contributed by atoms with Crippen LogP contribution in [0.1, 0.15) is 13.3 Å². The molecule has 0 radical (unpaired) electrons. The average molecular weight is 202 g/mol. The summed E-state index contributed by atoms with van der Waals surface area (Å²) in [6.45, 7) is 6.18. The lowest BCUT2D eigenvalue weighted by atomic mass is 10.1. The van der Waals surface area contributed by atoms with Crippen LogP contribution in [0.2, 0.25) is 0 Å². The van der Waals surface area contributed by atoms with Crippen molar-refractivity contribution < 1.29 is 9.47 Å². The zero-order chi connectivity index (χ0) is 10.4. The molecule has 2 N–H and O–H groups in total. The predicted octanol–water partition coefficient (Wildman–Crippen LogP) is 0.0709. The third-order valence-electron chi connectivity index (χ3n) is 2.84. The molecule has 1 saturated heterocycles. The summed E-state index contributed by atoms with van der Waals surface area (Å²) < 4.78 is 10.6. The molecule has 84 valence electrons. The van der Waals surface area contributed by atoms with Crippen LogP contribution in [0.3, 0.4) is 0 Å². The van der Waals surface area contributed by atoms with Gasteiger partial charge >= 0.3 is 0 Å². The summed E-state index contributed by atoms with van der Waals surface area (Å²) in [4.78, 5) is 2.42. The summed E-state index contributed by atoms with van der Waals surface area (Å²) in [7, 11) is 1.73. The number of rotatable bonds is 5. The Hall–Kier alpha value is -0.160. The van der Waals surface area contributed by atoms with Crippen LogP contribution in [0.4, 0.5) is 0 Å². The fourth-order valence-electron chi connectivity index (χ4n) is 1.99. The quantitative estimate of drug-likeness (QED) is 0.685. The van der Waals surface area contributed by atoms with Gasteiger partial charge in [0.05, 0.1) is 19.8 Å². The van der Waals surface area contributed by atoms with E-state index in [-0.39, 0.29) is 0 Å². The van der Waals surface area contributed by atoms with E-state index in [1.165, 1.54) is 0 Å². The van der Waals surface area contributed by atoms with Crippen LogP contribution >= 0.6 is 0 Å². The number of nitrogens with two attached hydrogens (primary N) is 1. The summed E-state index contributed by atoms with van der Waals surface area (Å²) in [6, 6.07) is 0.848. The van der Waals surface area contributed by atoms with Crippen LogP contribution < -0.4 is 5.73 Å². The molecule has 4 heteroatoms. The lowest BCUT2D eigenvalue weighted by Gasteiger charge is -2.40. The standard InChI is InChI=1S/C10H22N2O2/c1-3-9-8-14-5-4-12(9)10(6-11)7-13-2/h9-10H,3-8,11H2,1-2H3. The molecule has 0 aliphatic carbocycles. The third kappa shape index (κ3) is 2.92. The molecule has 0 amide bonds. The van der Waals surface area contributed by atoms with Crippen LogP contribution in [0.5, 0.6) is 0 Å². The highest BCUT2D eigenvalue weighted by Gasteiger charge is 2.27. The average Bonchev–Trinajstić information content (AvgIpc) is 2.26. The Bertz CT molecular complexity index is 155. The molecule has 2 unspecified atom stereocenters. The van der Waals surface area contributed by atoms with Gasteiger partial charge in [0.1, 0.15) is 0 Å². The minimum absolute atomic E-state index is 0.342. The van der Waals surface area contributed by atoms with Crippen molar-refractivity contribution in [2.75, 3.05) is 40.0 Å². The second-order valence-electron chi connectivity index (χ2n) is 3.72. The molecule has 1 aliphatic rings. The van der Waals surface area contributed by atoms with Crippen molar-refractivity contribution in [3.63, 3.8) is 0 Å². The first-order valence-electron chi connectivity index (χ1n) is 5.36. The van der Waals surface area contributed by atoms with Gasteiger partial charge in [-0.25, -0.2) is 0 Å². The molecule has 1 heterocycles. The Morgan fingerprint density at radius 3 is 3.00 bits per heavy atom. The molecule has 2 atom stereocenters. The van der Waals surface area contributed by atoms with Crippen molar-refractivity contribution in [1.82, 2.24) is 4.90 Å². The van der Waals surface area contributed by atoms with Gasteiger partial charge in [0, 0.05) is 32.3 Å². The summed E-state index contributed by atoms with van der Waals surface area (Å²) in [5.74, 6) is 0. The highest BCUT2D eigenvalue weighted by molar-refractivity contribution is 4.81. The fraction of sp³-hybridized carbons (Fsp3) is 1.00. The lowest BCUT2D eigenvalue weighted by molar-refractivity contribution is -0.0427. The number of methoxy groups -OCH3 is 1. The third-order valence-corrected chi connectivity index (χ3v) is 2.84. The van der Waals surface area contributed by atoms with Gasteiger partial charge in [0.15, 0.2) is 0 Å². The fourth-order valence-corrected chi connectivity index (χ4v) is 1.99. The normalized spacial score (nSPS) is 26.4. The van der Waals surface area contributed by atoms with Gasteiger partial charge in [-0.2, -0.15) is 0 Å². The maximum atomic E-state index is 5.74. The molecule has 0 bridgehead atoms. The Kier molecular flexibility index (Phi) is 5.40. The lowest BCUT2D eigenvalue weighted by Crippen LogP contribution is -2.54. The number of morpholine rings is 1. The molecule has 4 nitrogen and oxygen atoms in total. The zero-order valence-corrected chi connectivity index (χ0v) is 9.24. The van der Waals surface area contributed by atoms with Crippen molar-refractivity contribution in [2.24, 2.45) is 5.73 Å². The van der Waals surface area contributed by atoms with E-state index < -0.39 is 0 Å². The summed E-state index contributed by atoms with van der Waals surface area (Å²) in [5, 5.41) is 0. The Labute approximate surface area is 86.3 Å². The van der Waals surface area contributed by atoms with Crippen LogP contribution in [0.15, 0.2) is 0 Å². The first-order valence-corrected chi connectivity index (χ1v) is 5.36. The molecule has 0 aromatic rings. The highest BCUT2D eigenvalue weighted by Crippen LogP contribution is 2.13. The Balaban J connectivity index is 2.51. The summed E-state index contributed by atoms with van der Waals surface area (Å²) in [6.07, 6.45) is 1.11. The highest BCUT2D eigenvalue weighted by atomic mass is 16.5. The van der Waals surface area contributed by atoms with Crippen molar-refractivity contribution in [1.29, 1.82) is 0 Å². The molecular weight excluding hydrogens is 180 g/mol. The molecule has 1 aliphatic heterocycles. The van der Waals surface area contributed by atoms with Gasteiger partial charge in [0.2, 0.25) is 0 Å². The maximum absolute atomic E-state index is 5.74. The Morgan fingerprint density at radius 1 is 1.64 bits per heavy atom. The minimum atomic E-state index is 0.342. The molecule has 1 fully saturated rings. The second kappa shape index (κ2) is 6.35. The van der Waals surface area contributed by atoms with E-state index >= 15 is 0 Å². The van der Waals surface area contributed by atoms with Crippen LogP contribution in [-0.4, -0.2) is 57.0 Å². The van der Waals surface area contributed by atoms with E-state index in [2.05, 4.69) is 11.8 Å². The van der Waals surface area contributed by atoms with Crippen molar-refractivity contribution >= 4 is 0 Å². The molecule has 0 aromatic heterocycles. The molecule has 0 saturated carbocycles. The smallest absolute Gasteiger partial charge is 0.0630 e. The van der Waals surface area contributed by atoms with E-state index in [0.29, 0.717) is 25.2 Å². The maximum Gasteiger partial charge on any atom is 0.0630 e. The second-order valence-corrected chi connectivity index (χ2v) is 3.72. The molecule has 0 aromatic carbocycles. The summed E-state index contributed by atoms with van der Waals surface area (Å²) in [5.41, 5.74) is 5.74. The van der Waals surface area contributed by atoms with E-state index in [1.807, 2.05) is 0 Å². The number of hydrogen-bond donors (Lipinski definition) is 1. The molecule has 1 rings (SSSR count). The van der Waals surface area contributed by atoms with Gasteiger partial charge in [-0.05, 0) is 6.42 Å². The SMILES string of the molecule is CCC1COCCN1C(CN)COC. The first-order chi connectivity index (χ1) is 6.83. The van der Waals surface area contributed by atoms with Crippen molar-refractivity contribution in [3.8, 4) is 0 Å². The monoisotopic (exact) mass is 202 g/mol. The zero-order valence-electron chi connectivity index (χ0n) is 9.24. The van der Waals surface area contributed by atoms with Gasteiger partial charge in [0.25, 0.3) is 0 Å². The minimum Gasteiger partial charge on any atom is -0.383 e. The van der Waals surface area contributed by atoms with E-state index in [0.717, 1.165) is 26.2 Å². The largest absolute Gasteiger partial charge is 0.383 e. The van der Waals surface area contributed by atoms with Crippen molar-refractivity contribution in [3.05, 3.63) is 0 Å².